The van der Waals surface area contributed by atoms with Crippen LogP contribution in [0, 0.1) is 0 Å². The van der Waals surface area contributed by atoms with E-state index in [0.717, 1.165) is 12.8 Å². The largest absolute Gasteiger partial charge is 0.450 e. The van der Waals surface area contributed by atoms with Gasteiger partial charge in [-0.3, -0.25) is 0 Å². The Kier molecular flexibility index (Phi) is 23.7. The molecule has 0 bridgehead atoms. The Bertz CT molecular complexity index is 307. The SMILES string of the molecule is CCCCCCCCCCCCCCCCCCCCCCCCOC(N)=O. The van der Waals surface area contributed by atoms with Crippen molar-refractivity contribution in [3.05, 3.63) is 0 Å². The fraction of sp³-hybridized carbons (Fsp3) is 0.960. The van der Waals surface area contributed by atoms with Gasteiger partial charge in [-0.25, -0.2) is 4.79 Å². The van der Waals surface area contributed by atoms with E-state index < -0.39 is 6.09 Å². The Morgan fingerprint density at radius 1 is 0.500 bits per heavy atom. The third-order valence-corrected chi connectivity index (χ3v) is 5.74. The molecule has 0 aromatic rings. The third-order valence-electron chi connectivity index (χ3n) is 5.74. The zero-order valence-corrected chi connectivity index (χ0v) is 19.2. The summed E-state index contributed by atoms with van der Waals surface area (Å²) < 4.78 is 4.72. The van der Waals surface area contributed by atoms with Gasteiger partial charge in [0.2, 0.25) is 0 Å². The Morgan fingerprint density at radius 2 is 0.750 bits per heavy atom. The standard InChI is InChI=1S/C25H51NO2/c1-2-3-4-5-6-7-8-9-10-11-12-13-14-15-16-17-18-19-20-21-22-23-24-28-25(26)27/h2-24H2,1H3,(H2,26,27). The van der Waals surface area contributed by atoms with E-state index in [1.807, 2.05) is 0 Å². The lowest BCUT2D eigenvalue weighted by Crippen LogP contribution is -2.13. The van der Waals surface area contributed by atoms with Crippen LogP contribution in [0.25, 0.3) is 0 Å². The molecule has 0 fully saturated rings. The van der Waals surface area contributed by atoms with E-state index in [9.17, 15) is 4.79 Å². The van der Waals surface area contributed by atoms with Crippen LogP contribution in [0.2, 0.25) is 0 Å². The lowest BCUT2D eigenvalue weighted by molar-refractivity contribution is 0.154. The highest BCUT2D eigenvalue weighted by atomic mass is 16.5. The summed E-state index contributed by atoms with van der Waals surface area (Å²) in [6.07, 6.45) is 29.8. The number of hydrogen-bond donors (Lipinski definition) is 1. The van der Waals surface area contributed by atoms with Crippen molar-refractivity contribution in [2.75, 3.05) is 6.61 Å². The summed E-state index contributed by atoms with van der Waals surface area (Å²) in [6.45, 7) is 2.77. The van der Waals surface area contributed by atoms with Gasteiger partial charge in [-0.05, 0) is 6.42 Å². The van der Waals surface area contributed by atoms with Crippen molar-refractivity contribution in [3.63, 3.8) is 0 Å². The summed E-state index contributed by atoms with van der Waals surface area (Å²) in [7, 11) is 0. The van der Waals surface area contributed by atoms with Crippen LogP contribution < -0.4 is 5.73 Å². The minimum absolute atomic E-state index is 0.481. The van der Waals surface area contributed by atoms with E-state index in [1.54, 1.807) is 0 Å². The number of unbranched alkanes of at least 4 members (excludes halogenated alkanes) is 21. The average Bonchev–Trinajstić information content (AvgIpc) is 2.68. The van der Waals surface area contributed by atoms with Crippen LogP contribution in [0.1, 0.15) is 148 Å². The van der Waals surface area contributed by atoms with E-state index >= 15 is 0 Å². The van der Waals surface area contributed by atoms with Crippen LogP contribution in [0.3, 0.4) is 0 Å². The van der Waals surface area contributed by atoms with Gasteiger partial charge in [0.25, 0.3) is 0 Å². The predicted molar refractivity (Wildman–Crippen MR) is 123 cm³/mol. The molecule has 0 aliphatic heterocycles. The third kappa shape index (κ3) is 25.3. The van der Waals surface area contributed by atoms with Crippen molar-refractivity contribution in [1.29, 1.82) is 0 Å². The smallest absolute Gasteiger partial charge is 0.404 e. The van der Waals surface area contributed by atoms with Crippen molar-refractivity contribution >= 4 is 6.09 Å². The highest BCUT2D eigenvalue weighted by molar-refractivity contribution is 5.64. The lowest BCUT2D eigenvalue weighted by Gasteiger charge is -2.04. The molecule has 0 atom stereocenters. The summed E-state index contributed by atoms with van der Waals surface area (Å²) in [5.41, 5.74) is 4.92. The first-order chi connectivity index (χ1) is 13.8. The first-order valence-corrected chi connectivity index (χ1v) is 12.7. The van der Waals surface area contributed by atoms with Crippen LogP contribution in [0.4, 0.5) is 4.79 Å². The summed E-state index contributed by atoms with van der Waals surface area (Å²) in [4.78, 5) is 10.4. The van der Waals surface area contributed by atoms with Gasteiger partial charge in [-0.2, -0.15) is 0 Å². The van der Waals surface area contributed by atoms with Crippen LogP contribution in [0.15, 0.2) is 0 Å². The van der Waals surface area contributed by atoms with Crippen LogP contribution in [0.5, 0.6) is 0 Å². The molecule has 28 heavy (non-hydrogen) atoms. The van der Waals surface area contributed by atoms with Gasteiger partial charge in [0.05, 0.1) is 6.61 Å². The Hall–Kier alpha value is -0.730. The molecule has 0 spiro atoms. The molecule has 0 aliphatic rings. The van der Waals surface area contributed by atoms with Crippen molar-refractivity contribution in [1.82, 2.24) is 0 Å². The molecule has 3 heteroatoms. The van der Waals surface area contributed by atoms with Crippen LogP contribution in [-0.2, 0) is 4.74 Å². The van der Waals surface area contributed by atoms with E-state index in [2.05, 4.69) is 6.92 Å². The molecule has 2 N–H and O–H groups in total. The number of amides is 1. The monoisotopic (exact) mass is 397 g/mol. The number of rotatable bonds is 23. The Balaban J connectivity index is 2.99. The highest BCUT2D eigenvalue weighted by Crippen LogP contribution is 2.15. The molecule has 0 unspecified atom stereocenters. The number of carbonyl (C=O) groups excluding carboxylic acids is 1. The summed E-state index contributed by atoms with van der Waals surface area (Å²) in [6, 6.07) is 0. The molecular formula is C25H51NO2. The van der Waals surface area contributed by atoms with Crippen molar-refractivity contribution in [2.24, 2.45) is 5.73 Å². The second-order valence-electron chi connectivity index (χ2n) is 8.59. The van der Waals surface area contributed by atoms with Crippen molar-refractivity contribution < 1.29 is 9.53 Å². The van der Waals surface area contributed by atoms with Crippen LogP contribution in [-0.4, -0.2) is 12.7 Å². The van der Waals surface area contributed by atoms with Gasteiger partial charge in [0, 0.05) is 0 Å². The normalized spacial score (nSPS) is 11.0. The quantitative estimate of drug-likeness (QED) is 0.175. The van der Waals surface area contributed by atoms with Crippen molar-refractivity contribution in [3.8, 4) is 0 Å². The van der Waals surface area contributed by atoms with E-state index in [1.165, 1.54) is 128 Å². The lowest BCUT2D eigenvalue weighted by atomic mass is 10.0. The molecule has 0 rings (SSSR count). The number of carbonyl (C=O) groups is 1. The van der Waals surface area contributed by atoms with Gasteiger partial charge in [0.1, 0.15) is 0 Å². The van der Waals surface area contributed by atoms with Crippen LogP contribution >= 0.6 is 0 Å². The number of hydrogen-bond acceptors (Lipinski definition) is 2. The fourth-order valence-electron chi connectivity index (χ4n) is 3.88. The second-order valence-corrected chi connectivity index (χ2v) is 8.59. The zero-order valence-electron chi connectivity index (χ0n) is 19.2. The van der Waals surface area contributed by atoms with E-state index in [0.29, 0.717) is 6.61 Å². The molecule has 0 heterocycles. The number of nitrogens with two attached hydrogens (primary N) is 1. The second kappa shape index (κ2) is 24.3. The predicted octanol–water partition coefficient (Wildman–Crippen LogP) is 8.68. The summed E-state index contributed by atoms with van der Waals surface area (Å²) >= 11 is 0. The molecule has 0 radical (unpaired) electrons. The molecule has 3 nitrogen and oxygen atoms in total. The first-order valence-electron chi connectivity index (χ1n) is 12.7. The van der Waals surface area contributed by atoms with Gasteiger partial charge in [-0.1, -0.05) is 142 Å². The number of ether oxygens (including phenoxy) is 1. The molecule has 0 aliphatic carbocycles. The topological polar surface area (TPSA) is 52.3 Å². The Morgan fingerprint density at radius 3 is 1.00 bits per heavy atom. The molecule has 0 saturated carbocycles. The average molecular weight is 398 g/mol. The first kappa shape index (κ1) is 27.3. The van der Waals surface area contributed by atoms with E-state index in [4.69, 9.17) is 10.5 Å². The highest BCUT2D eigenvalue weighted by Gasteiger charge is 1.96. The molecule has 0 aromatic carbocycles. The molecule has 1 amide bonds. The molecule has 168 valence electrons. The maximum atomic E-state index is 10.4. The zero-order chi connectivity index (χ0) is 20.5. The minimum Gasteiger partial charge on any atom is -0.450 e. The minimum atomic E-state index is -0.650. The number of primary amides is 1. The Labute approximate surface area is 176 Å². The molecular weight excluding hydrogens is 346 g/mol. The van der Waals surface area contributed by atoms with Gasteiger partial charge in [-0.15, -0.1) is 0 Å². The maximum absolute atomic E-state index is 10.4. The van der Waals surface area contributed by atoms with E-state index in [-0.39, 0.29) is 0 Å². The molecule has 0 aromatic heterocycles. The van der Waals surface area contributed by atoms with Crippen molar-refractivity contribution in [2.45, 2.75) is 148 Å². The fourth-order valence-corrected chi connectivity index (χ4v) is 3.88. The van der Waals surface area contributed by atoms with Gasteiger partial charge < -0.3 is 10.5 Å². The molecule has 0 saturated heterocycles. The summed E-state index contributed by atoms with van der Waals surface area (Å²) in [5, 5.41) is 0. The van der Waals surface area contributed by atoms with Gasteiger partial charge in [0.15, 0.2) is 0 Å². The van der Waals surface area contributed by atoms with Gasteiger partial charge >= 0.3 is 6.09 Å². The summed E-state index contributed by atoms with van der Waals surface area (Å²) in [5.74, 6) is 0. The maximum Gasteiger partial charge on any atom is 0.404 e.